The lowest BCUT2D eigenvalue weighted by Crippen LogP contribution is -2.43. The van der Waals surface area contributed by atoms with Crippen molar-refractivity contribution in [2.45, 2.75) is 51.2 Å². The van der Waals surface area contributed by atoms with Crippen LogP contribution in [0.3, 0.4) is 0 Å². The second-order valence-corrected chi connectivity index (χ2v) is 9.86. The van der Waals surface area contributed by atoms with Crippen LogP contribution in [0, 0.1) is 11.8 Å². The quantitative estimate of drug-likeness (QED) is 0.558. The molecule has 1 aromatic heterocycles. The highest BCUT2D eigenvalue weighted by Gasteiger charge is 2.40. The number of amides is 2. The van der Waals surface area contributed by atoms with Crippen molar-refractivity contribution in [2.75, 3.05) is 13.1 Å². The molecule has 8 nitrogen and oxygen atoms in total. The fourth-order valence-corrected chi connectivity index (χ4v) is 4.79. The number of esters is 1. The zero-order chi connectivity index (χ0) is 24.5. The number of furan rings is 1. The first-order chi connectivity index (χ1) is 16.9. The van der Waals surface area contributed by atoms with Crippen LogP contribution < -0.4 is 0 Å². The summed E-state index contributed by atoms with van der Waals surface area (Å²) in [5, 5.41) is 6.56. The molecular weight excluding hydrogens is 470 g/mol. The number of rotatable bonds is 6. The lowest BCUT2D eigenvalue weighted by atomic mass is 9.96. The molecule has 0 radical (unpaired) electrons. The van der Waals surface area contributed by atoms with Gasteiger partial charge in [-0.15, -0.1) is 0 Å². The highest BCUT2D eigenvalue weighted by atomic mass is 35.5. The second-order valence-electron chi connectivity index (χ2n) is 9.42. The van der Waals surface area contributed by atoms with Crippen LogP contribution in [0.5, 0.6) is 0 Å². The first kappa shape index (κ1) is 23.6. The van der Waals surface area contributed by atoms with Crippen molar-refractivity contribution in [3.05, 3.63) is 59.0 Å². The number of likely N-dealkylation sites (tertiary alicyclic amines) is 1. The molecule has 3 aliphatic rings. The zero-order valence-corrected chi connectivity index (χ0v) is 20.3. The minimum atomic E-state index is -1.00. The first-order valence-electron chi connectivity index (χ1n) is 12.1. The van der Waals surface area contributed by atoms with Gasteiger partial charge in [-0.05, 0) is 62.4 Å². The van der Waals surface area contributed by atoms with E-state index in [1.165, 1.54) is 5.01 Å². The number of hydrogen-bond acceptors (Lipinski definition) is 6. The fourth-order valence-electron chi connectivity index (χ4n) is 4.66. The van der Waals surface area contributed by atoms with Gasteiger partial charge in [0.15, 0.2) is 6.10 Å². The Bertz CT molecular complexity index is 1120. The van der Waals surface area contributed by atoms with Gasteiger partial charge in [0, 0.05) is 30.5 Å². The smallest absolute Gasteiger partial charge is 0.309 e. The molecule has 0 N–H and O–H groups in total. The van der Waals surface area contributed by atoms with E-state index in [0.717, 1.165) is 24.1 Å². The fraction of sp³-hybridized carbons (Fsp3) is 0.462. The third-order valence-corrected chi connectivity index (χ3v) is 7.14. The molecule has 0 unspecified atom stereocenters. The van der Waals surface area contributed by atoms with Gasteiger partial charge in [-0.3, -0.25) is 14.4 Å². The Balaban J connectivity index is 1.24. The van der Waals surface area contributed by atoms with Crippen LogP contribution in [0.25, 0.3) is 0 Å². The maximum atomic E-state index is 13.3. The molecule has 1 saturated carbocycles. The van der Waals surface area contributed by atoms with Gasteiger partial charge in [0.25, 0.3) is 5.91 Å². The zero-order valence-electron chi connectivity index (χ0n) is 19.6. The van der Waals surface area contributed by atoms with Crippen molar-refractivity contribution in [1.29, 1.82) is 0 Å². The highest BCUT2D eigenvalue weighted by molar-refractivity contribution is 6.30. The van der Waals surface area contributed by atoms with E-state index >= 15 is 0 Å². The second kappa shape index (κ2) is 9.85. The number of ether oxygens (including phenoxy) is 1. The Morgan fingerprint density at radius 1 is 1.06 bits per heavy atom. The summed E-state index contributed by atoms with van der Waals surface area (Å²) in [6.45, 7) is 2.68. The summed E-state index contributed by atoms with van der Waals surface area (Å²) >= 11 is 6.01. The Kier molecular flexibility index (Phi) is 6.65. The van der Waals surface area contributed by atoms with Crippen LogP contribution in [-0.4, -0.2) is 52.6 Å². The van der Waals surface area contributed by atoms with E-state index in [1.54, 1.807) is 37.5 Å². The van der Waals surface area contributed by atoms with Crippen molar-refractivity contribution in [1.82, 2.24) is 9.91 Å². The highest BCUT2D eigenvalue weighted by Crippen LogP contribution is 2.35. The van der Waals surface area contributed by atoms with Gasteiger partial charge >= 0.3 is 5.97 Å². The van der Waals surface area contributed by atoms with Gasteiger partial charge < -0.3 is 14.1 Å². The summed E-state index contributed by atoms with van der Waals surface area (Å²) in [6, 6.07) is 10.4. The van der Waals surface area contributed by atoms with E-state index in [4.69, 9.17) is 20.8 Å². The molecule has 2 fully saturated rings. The summed E-state index contributed by atoms with van der Waals surface area (Å²) in [4.78, 5) is 40.3. The van der Waals surface area contributed by atoms with Crippen molar-refractivity contribution in [3.63, 3.8) is 0 Å². The van der Waals surface area contributed by atoms with Gasteiger partial charge in [-0.25, -0.2) is 5.01 Å². The van der Waals surface area contributed by atoms with E-state index in [1.807, 2.05) is 17.0 Å². The van der Waals surface area contributed by atoms with Crippen LogP contribution in [0.1, 0.15) is 56.4 Å². The normalized spacial score (nSPS) is 21.5. The first-order valence-corrected chi connectivity index (χ1v) is 12.5. The molecule has 2 atom stereocenters. The number of halogens is 1. The lowest BCUT2D eigenvalue weighted by Gasteiger charge is -2.31. The molecule has 9 heteroatoms. The van der Waals surface area contributed by atoms with Crippen LogP contribution in [0.4, 0.5) is 0 Å². The van der Waals surface area contributed by atoms with Crippen molar-refractivity contribution >= 4 is 35.1 Å². The lowest BCUT2D eigenvalue weighted by molar-refractivity contribution is -0.165. The predicted octanol–water partition coefficient (Wildman–Crippen LogP) is 4.19. The Labute approximate surface area is 208 Å². The van der Waals surface area contributed by atoms with E-state index in [0.29, 0.717) is 43.1 Å². The van der Waals surface area contributed by atoms with Gasteiger partial charge in [0.05, 0.1) is 17.9 Å². The molecule has 3 heterocycles. The molecule has 1 saturated heterocycles. The number of hydrogen-bond donors (Lipinski definition) is 0. The number of nitrogens with zero attached hydrogens (tertiary/aromatic N) is 3. The van der Waals surface area contributed by atoms with E-state index in [-0.39, 0.29) is 17.7 Å². The molecule has 2 aromatic rings. The average Bonchev–Trinajstić information content (AvgIpc) is 3.39. The largest absolute Gasteiger partial charge is 0.467 e. The minimum Gasteiger partial charge on any atom is -0.467 e. The Hall–Kier alpha value is -3.13. The molecule has 1 aromatic carbocycles. The summed E-state index contributed by atoms with van der Waals surface area (Å²) in [5.74, 6) is -0.145. The topological polar surface area (TPSA) is 92.4 Å². The SMILES string of the molecule is C[C@@H](OC(=O)C1CCN(C(=O)C2CC2)CC1)C(=O)N1N=C(c2ccc(Cl)cc2)C[C@@H]1c1ccco1. The molecule has 0 bridgehead atoms. The summed E-state index contributed by atoms with van der Waals surface area (Å²) in [5.41, 5.74) is 1.58. The summed E-state index contributed by atoms with van der Waals surface area (Å²) < 4.78 is 11.2. The van der Waals surface area contributed by atoms with Crippen LogP contribution in [0.15, 0.2) is 52.2 Å². The van der Waals surface area contributed by atoms with E-state index < -0.39 is 24.0 Å². The van der Waals surface area contributed by atoms with Crippen molar-refractivity contribution in [3.8, 4) is 0 Å². The van der Waals surface area contributed by atoms with Gasteiger partial charge in [0.2, 0.25) is 5.91 Å². The molecule has 184 valence electrons. The molecule has 35 heavy (non-hydrogen) atoms. The van der Waals surface area contributed by atoms with Gasteiger partial charge in [0.1, 0.15) is 11.8 Å². The Morgan fingerprint density at radius 2 is 1.77 bits per heavy atom. The number of piperidine rings is 1. The Morgan fingerprint density at radius 3 is 2.40 bits per heavy atom. The van der Waals surface area contributed by atoms with Crippen molar-refractivity contribution in [2.24, 2.45) is 16.9 Å². The standard InChI is InChI=1S/C26H28ClN3O5/c1-16(35-26(33)19-10-12-29(13-11-19)25(32)18-4-5-18)24(31)30-22(23-3-2-14-34-23)15-21(28-30)17-6-8-20(27)9-7-17/h2-3,6-9,14,16,18-19,22H,4-5,10-13,15H2,1H3/t16-,22-/m1/s1. The minimum absolute atomic E-state index is 0.178. The monoisotopic (exact) mass is 497 g/mol. The molecule has 5 rings (SSSR count). The van der Waals surface area contributed by atoms with Crippen LogP contribution in [0.2, 0.25) is 5.02 Å². The van der Waals surface area contributed by atoms with Crippen molar-refractivity contribution < 1.29 is 23.5 Å². The molecule has 0 spiro atoms. The predicted molar refractivity (Wildman–Crippen MR) is 128 cm³/mol. The average molecular weight is 498 g/mol. The van der Waals surface area contributed by atoms with E-state index in [2.05, 4.69) is 5.10 Å². The number of hydrazone groups is 1. The van der Waals surface area contributed by atoms with Gasteiger partial charge in [-0.2, -0.15) is 5.10 Å². The summed E-state index contributed by atoms with van der Waals surface area (Å²) in [6.07, 6.45) is 4.07. The van der Waals surface area contributed by atoms with Crippen LogP contribution >= 0.6 is 11.6 Å². The molecule has 2 amide bonds. The third-order valence-electron chi connectivity index (χ3n) is 6.89. The third kappa shape index (κ3) is 5.12. The molecule has 2 aliphatic heterocycles. The number of carbonyl (C=O) groups is 3. The van der Waals surface area contributed by atoms with Gasteiger partial charge in [-0.1, -0.05) is 23.7 Å². The molecule has 1 aliphatic carbocycles. The number of benzene rings is 1. The molecular formula is C26H28ClN3O5. The van der Waals surface area contributed by atoms with Crippen LogP contribution in [-0.2, 0) is 19.1 Å². The number of carbonyl (C=O) groups excluding carboxylic acids is 3. The summed E-state index contributed by atoms with van der Waals surface area (Å²) in [7, 11) is 0. The van der Waals surface area contributed by atoms with E-state index in [9.17, 15) is 14.4 Å². The maximum absolute atomic E-state index is 13.3. The maximum Gasteiger partial charge on any atom is 0.309 e.